The third-order valence-corrected chi connectivity index (χ3v) is 3.60. The van der Waals surface area contributed by atoms with Gasteiger partial charge < -0.3 is 9.84 Å². The molecule has 0 saturated heterocycles. The summed E-state index contributed by atoms with van der Waals surface area (Å²) in [5, 5.41) is 14.5. The maximum atomic E-state index is 10.2. The lowest BCUT2D eigenvalue weighted by atomic mass is 10.1. The Bertz CT molecular complexity index is 342. The van der Waals surface area contributed by atoms with Gasteiger partial charge in [0.05, 0.1) is 35.6 Å². The molecule has 5 heteroatoms. The Morgan fingerprint density at radius 2 is 2.22 bits per heavy atom. The van der Waals surface area contributed by atoms with E-state index in [1.54, 1.807) is 13.3 Å². The van der Waals surface area contributed by atoms with Crippen molar-refractivity contribution < 1.29 is 9.84 Å². The minimum absolute atomic E-state index is 0.449. The number of hydrogen-bond acceptors (Lipinski definition) is 3. The molecule has 1 rings (SSSR count). The number of unbranched alkanes of at least 4 members (excludes halogenated alkanes) is 3. The number of aliphatic hydroxyl groups excluding tert-OH is 1. The van der Waals surface area contributed by atoms with Crippen LogP contribution in [-0.4, -0.2) is 28.6 Å². The summed E-state index contributed by atoms with van der Waals surface area (Å²) in [5.74, 6) is 0. The van der Waals surface area contributed by atoms with Gasteiger partial charge in [0.15, 0.2) is 0 Å². The van der Waals surface area contributed by atoms with E-state index in [9.17, 15) is 5.11 Å². The maximum absolute atomic E-state index is 10.2. The van der Waals surface area contributed by atoms with Gasteiger partial charge in [-0.2, -0.15) is 5.10 Å². The number of ether oxygens (including phenoxy) is 1. The molecule has 1 atom stereocenters. The first-order valence-corrected chi connectivity index (χ1v) is 7.38. The van der Waals surface area contributed by atoms with Gasteiger partial charge in [-0.3, -0.25) is 4.68 Å². The molecule has 104 valence electrons. The van der Waals surface area contributed by atoms with Gasteiger partial charge in [0.2, 0.25) is 0 Å². The largest absolute Gasteiger partial charge is 0.387 e. The Kier molecular flexibility index (Phi) is 7.54. The van der Waals surface area contributed by atoms with Crippen molar-refractivity contribution in [1.82, 2.24) is 9.78 Å². The number of methoxy groups -OCH3 is 1. The van der Waals surface area contributed by atoms with Crippen LogP contribution in [0.3, 0.4) is 0 Å². The highest BCUT2D eigenvalue weighted by atomic mass is 79.9. The molecule has 18 heavy (non-hydrogen) atoms. The van der Waals surface area contributed by atoms with E-state index in [-0.39, 0.29) is 0 Å². The maximum Gasteiger partial charge on any atom is 0.0968 e. The molecule has 4 nitrogen and oxygen atoms in total. The van der Waals surface area contributed by atoms with Crippen molar-refractivity contribution in [3.05, 3.63) is 16.4 Å². The summed E-state index contributed by atoms with van der Waals surface area (Å²) >= 11 is 3.45. The summed E-state index contributed by atoms with van der Waals surface area (Å²) in [4.78, 5) is 0. The molecule has 1 aromatic heterocycles. The van der Waals surface area contributed by atoms with E-state index in [2.05, 4.69) is 28.0 Å². The lowest BCUT2D eigenvalue weighted by Gasteiger charge is -2.14. The van der Waals surface area contributed by atoms with Crippen molar-refractivity contribution in [2.24, 2.45) is 0 Å². The Morgan fingerprint density at radius 3 is 2.89 bits per heavy atom. The van der Waals surface area contributed by atoms with Gasteiger partial charge in [-0.25, -0.2) is 0 Å². The van der Waals surface area contributed by atoms with Crippen molar-refractivity contribution >= 4 is 15.9 Å². The van der Waals surface area contributed by atoms with Crippen LogP contribution >= 0.6 is 15.9 Å². The van der Waals surface area contributed by atoms with Crippen LogP contribution in [0, 0.1) is 0 Å². The van der Waals surface area contributed by atoms with Gasteiger partial charge in [0.1, 0.15) is 0 Å². The van der Waals surface area contributed by atoms with E-state index in [4.69, 9.17) is 4.74 Å². The summed E-state index contributed by atoms with van der Waals surface area (Å²) in [6.45, 7) is 3.46. The number of hydrogen-bond donors (Lipinski definition) is 1. The third kappa shape index (κ3) is 4.71. The van der Waals surface area contributed by atoms with Crippen molar-refractivity contribution in [3.8, 4) is 0 Å². The quantitative estimate of drug-likeness (QED) is 0.711. The molecular weight excluding hydrogens is 296 g/mol. The average Bonchev–Trinajstić information content (AvgIpc) is 2.73. The van der Waals surface area contributed by atoms with Gasteiger partial charge in [-0.15, -0.1) is 0 Å². The van der Waals surface area contributed by atoms with Gasteiger partial charge in [-0.1, -0.05) is 32.6 Å². The molecule has 0 radical (unpaired) electrons. The first kappa shape index (κ1) is 15.7. The lowest BCUT2D eigenvalue weighted by Crippen LogP contribution is -2.13. The molecule has 1 aromatic rings. The van der Waals surface area contributed by atoms with Crippen molar-refractivity contribution in [2.75, 3.05) is 13.7 Å². The van der Waals surface area contributed by atoms with Crippen LogP contribution in [0.1, 0.15) is 50.8 Å². The fraction of sp³-hybridized carbons (Fsp3) is 0.769. The van der Waals surface area contributed by atoms with Crippen molar-refractivity contribution in [1.29, 1.82) is 0 Å². The zero-order chi connectivity index (χ0) is 13.4. The second-order valence-corrected chi connectivity index (χ2v) is 5.31. The summed E-state index contributed by atoms with van der Waals surface area (Å²) in [6.07, 6.45) is 6.75. The fourth-order valence-electron chi connectivity index (χ4n) is 1.96. The first-order valence-electron chi connectivity index (χ1n) is 6.58. The molecule has 0 saturated carbocycles. The number of rotatable bonds is 9. The van der Waals surface area contributed by atoms with E-state index in [0.29, 0.717) is 13.2 Å². The van der Waals surface area contributed by atoms with Crippen LogP contribution in [0.4, 0.5) is 0 Å². The predicted octanol–water partition coefficient (Wildman–Crippen LogP) is 3.30. The number of nitrogens with zero attached hydrogens (tertiary/aromatic N) is 2. The minimum atomic E-state index is -0.449. The molecule has 0 aromatic carbocycles. The van der Waals surface area contributed by atoms with E-state index in [1.165, 1.54) is 19.3 Å². The van der Waals surface area contributed by atoms with Crippen LogP contribution in [0.5, 0.6) is 0 Å². The zero-order valence-electron chi connectivity index (χ0n) is 11.2. The Balaban J connectivity index is 2.54. The van der Waals surface area contributed by atoms with E-state index >= 15 is 0 Å². The van der Waals surface area contributed by atoms with E-state index in [1.807, 2.05) is 4.68 Å². The van der Waals surface area contributed by atoms with Gasteiger partial charge in [-0.05, 0) is 22.4 Å². The highest BCUT2D eigenvalue weighted by Crippen LogP contribution is 2.27. The summed E-state index contributed by atoms with van der Waals surface area (Å²) in [6, 6.07) is 0. The second-order valence-electron chi connectivity index (χ2n) is 4.46. The van der Waals surface area contributed by atoms with Crippen LogP contribution in [0.2, 0.25) is 0 Å². The van der Waals surface area contributed by atoms with Crippen molar-refractivity contribution in [2.45, 2.75) is 51.7 Å². The SMILES string of the molecule is CCCCCCC(O)c1c(Br)cnn1CCOC. The van der Waals surface area contributed by atoms with Crippen LogP contribution < -0.4 is 0 Å². The second kappa shape index (κ2) is 8.67. The molecule has 0 aliphatic carbocycles. The fourth-order valence-corrected chi connectivity index (χ4v) is 2.52. The topological polar surface area (TPSA) is 47.3 Å². The number of aromatic nitrogens is 2. The highest BCUT2D eigenvalue weighted by Gasteiger charge is 2.17. The molecule has 0 aliphatic rings. The standard InChI is InChI=1S/C13H23BrN2O2/c1-3-4-5-6-7-12(17)13-11(14)10-15-16(13)8-9-18-2/h10,12,17H,3-9H2,1-2H3. The van der Waals surface area contributed by atoms with Crippen LogP contribution in [0.15, 0.2) is 10.7 Å². The third-order valence-electron chi connectivity index (χ3n) is 2.99. The Labute approximate surface area is 117 Å². The highest BCUT2D eigenvalue weighted by molar-refractivity contribution is 9.10. The number of aliphatic hydroxyl groups is 1. The first-order chi connectivity index (χ1) is 8.70. The summed E-state index contributed by atoms with van der Waals surface area (Å²) in [5.41, 5.74) is 0.864. The van der Waals surface area contributed by atoms with Gasteiger partial charge in [0.25, 0.3) is 0 Å². The molecule has 0 fully saturated rings. The van der Waals surface area contributed by atoms with E-state index < -0.39 is 6.10 Å². The minimum Gasteiger partial charge on any atom is -0.387 e. The van der Waals surface area contributed by atoms with Gasteiger partial charge >= 0.3 is 0 Å². The molecule has 0 aliphatic heterocycles. The smallest absolute Gasteiger partial charge is 0.0968 e. The monoisotopic (exact) mass is 318 g/mol. The molecule has 0 amide bonds. The molecular formula is C13H23BrN2O2. The normalized spacial score (nSPS) is 12.9. The molecule has 1 unspecified atom stereocenters. The zero-order valence-corrected chi connectivity index (χ0v) is 12.8. The molecule has 1 heterocycles. The lowest BCUT2D eigenvalue weighted by molar-refractivity contribution is 0.142. The van der Waals surface area contributed by atoms with Crippen molar-refractivity contribution in [3.63, 3.8) is 0 Å². The number of halogens is 1. The molecule has 0 spiro atoms. The molecule has 0 bridgehead atoms. The van der Waals surface area contributed by atoms with Crippen LogP contribution in [-0.2, 0) is 11.3 Å². The molecule has 1 N–H and O–H groups in total. The summed E-state index contributed by atoms with van der Waals surface area (Å²) < 4.78 is 7.74. The Morgan fingerprint density at radius 1 is 1.44 bits per heavy atom. The van der Waals surface area contributed by atoms with E-state index in [0.717, 1.165) is 23.0 Å². The summed E-state index contributed by atoms with van der Waals surface area (Å²) in [7, 11) is 1.67. The Hall–Kier alpha value is -0.390. The van der Waals surface area contributed by atoms with Crippen LogP contribution in [0.25, 0.3) is 0 Å². The average molecular weight is 319 g/mol. The van der Waals surface area contributed by atoms with Gasteiger partial charge in [0, 0.05) is 7.11 Å². The predicted molar refractivity (Wildman–Crippen MR) is 75.5 cm³/mol.